The van der Waals surface area contributed by atoms with Crippen LogP contribution in [0.4, 0.5) is 0 Å². The number of ketones is 3. The van der Waals surface area contributed by atoms with Gasteiger partial charge in [-0.1, -0.05) is 20.8 Å². The summed E-state index contributed by atoms with van der Waals surface area (Å²) in [5.41, 5.74) is -0.171. The molecule has 0 aliphatic heterocycles. The van der Waals surface area contributed by atoms with E-state index in [1.807, 2.05) is 0 Å². The van der Waals surface area contributed by atoms with Gasteiger partial charge in [-0.25, -0.2) is 0 Å². The average Bonchev–Trinajstić information content (AvgIpc) is 2.85. The van der Waals surface area contributed by atoms with Gasteiger partial charge in [-0.05, 0) is 67.1 Å². The molecule has 4 rings (SSSR count). The van der Waals surface area contributed by atoms with Crippen LogP contribution in [0.2, 0.25) is 0 Å². The first-order valence-electron chi connectivity index (χ1n) is 10.2. The number of fused-ring (bicyclic) bond motifs is 5. The molecule has 25 heavy (non-hydrogen) atoms. The van der Waals surface area contributed by atoms with E-state index in [1.54, 1.807) is 6.92 Å². The molecule has 4 aliphatic carbocycles. The second kappa shape index (κ2) is 5.27. The molecule has 3 heteroatoms. The molecule has 4 saturated carbocycles. The van der Waals surface area contributed by atoms with Crippen LogP contribution < -0.4 is 0 Å². The van der Waals surface area contributed by atoms with E-state index >= 15 is 0 Å². The Kier molecular flexibility index (Phi) is 3.67. The molecule has 0 amide bonds. The lowest BCUT2D eigenvalue weighted by Crippen LogP contribution is -2.62. The van der Waals surface area contributed by atoms with Gasteiger partial charge in [0.2, 0.25) is 0 Å². The molecule has 4 aliphatic rings. The Hall–Kier alpha value is -0.990. The van der Waals surface area contributed by atoms with Crippen LogP contribution in [0, 0.1) is 39.9 Å². The summed E-state index contributed by atoms with van der Waals surface area (Å²) in [4.78, 5) is 37.8. The van der Waals surface area contributed by atoms with Crippen LogP contribution in [0.15, 0.2) is 0 Å². The Bertz CT molecular complexity index is 652. The van der Waals surface area contributed by atoms with E-state index in [0.717, 1.165) is 32.1 Å². The third-order valence-electron chi connectivity index (χ3n) is 9.20. The van der Waals surface area contributed by atoms with E-state index in [4.69, 9.17) is 0 Å². The lowest BCUT2D eigenvalue weighted by Gasteiger charge is -2.64. The van der Waals surface area contributed by atoms with Crippen LogP contribution in [0.5, 0.6) is 0 Å². The topological polar surface area (TPSA) is 51.2 Å². The maximum atomic E-state index is 13.5. The number of hydrogen-bond acceptors (Lipinski definition) is 3. The fourth-order valence-corrected chi connectivity index (χ4v) is 8.24. The number of carbonyl (C=O) groups excluding carboxylic acids is 3. The molecule has 0 unspecified atom stereocenters. The summed E-state index contributed by atoms with van der Waals surface area (Å²) in [6.45, 7) is 8.57. The highest BCUT2D eigenvalue weighted by Crippen LogP contribution is 2.71. The average molecular weight is 344 g/mol. The summed E-state index contributed by atoms with van der Waals surface area (Å²) < 4.78 is 0. The summed E-state index contributed by atoms with van der Waals surface area (Å²) in [5, 5.41) is 0. The summed E-state index contributed by atoms with van der Waals surface area (Å²) >= 11 is 0. The van der Waals surface area contributed by atoms with Crippen molar-refractivity contribution in [1.29, 1.82) is 0 Å². The SMILES string of the molecule is CC(=O)[C@H]1CC[C@@H]2[C@]3(C)CC[C@H]4CC(=O)CC[C@]4(C)[C@@H]3C(=O)C[C@@]21C. The Labute approximate surface area is 151 Å². The predicted octanol–water partition coefficient (Wildman–Crippen LogP) is 4.37. The highest BCUT2D eigenvalue weighted by atomic mass is 16.1. The van der Waals surface area contributed by atoms with Crippen LogP contribution in [0.25, 0.3) is 0 Å². The van der Waals surface area contributed by atoms with Crippen molar-refractivity contribution in [1.82, 2.24) is 0 Å². The smallest absolute Gasteiger partial charge is 0.137 e. The van der Waals surface area contributed by atoms with Gasteiger partial charge in [-0.2, -0.15) is 0 Å². The van der Waals surface area contributed by atoms with Crippen molar-refractivity contribution in [3.8, 4) is 0 Å². The summed E-state index contributed by atoms with van der Waals surface area (Å²) in [7, 11) is 0. The highest BCUT2D eigenvalue weighted by molar-refractivity contribution is 5.88. The minimum absolute atomic E-state index is 0.0000784. The molecule has 0 radical (unpaired) electrons. The van der Waals surface area contributed by atoms with Crippen LogP contribution >= 0.6 is 0 Å². The molecule has 0 saturated heterocycles. The number of hydrogen-bond donors (Lipinski definition) is 0. The molecule has 3 nitrogen and oxygen atoms in total. The van der Waals surface area contributed by atoms with Gasteiger partial charge in [0, 0.05) is 31.1 Å². The van der Waals surface area contributed by atoms with Gasteiger partial charge >= 0.3 is 0 Å². The molecular weight excluding hydrogens is 312 g/mol. The maximum absolute atomic E-state index is 13.5. The normalized spacial score (nSPS) is 52.3. The van der Waals surface area contributed by atoms with Gasteiger partial charge < -0.3 is 0 Å². The minimum Gasteiger partial charge on any atom is -0.300 e. The first-order chi connectivity index (χ1) is 11.6. The third kappa shape index (κ3) is 2.13. The zero-order chi connectivity index (χ0) is 18.2. The molecule has 0 N–H and O–H groups in total. The molecule has 0 aromatic heterocycles. The van der Waals surface area contributed by atoms with Crippen molar-refractivity contribution in [2.45, 2.75) is 79.1 Å². The molecule has 7 atom stereocenters. The largest absolute Gasteiger partial charge is 0.300 e. The van der Waals surface area contributed by atoms with Crippen molar-refractivity contribution in [3.63, 3.8) is 0 Å². The summed E-state index contributed by atoms with van der Waals surface area (Å²) in [5.74, 6) is 2.01. The minimum atomic E-state index is -0.151. The quantitative estimate of drug-likeness (QED) is 0.709. The van der Waals surface area contributed by atoms with Crippen molar-refractivity contribution >= 4 is 17.3 Å². The fourth-order valence-electron chi connectivity index (χ4n) is 8.24. The Morgan fingerprint density at radius 3 is 2.36 bits per heavy atom. The fraction of sp³-hybridized carbons (Fsp3) is 0.864. The Morgan fingerprint density at radius 1 is 0.960 bits per heavy atom. The highest BCUT2D eigenvalue weighted by Gasteiger charge is 2.68. The zero-order valence-corrected chi connectivity index (χ0v) is 16.2. The van der Waals surface area contributed by atoms with E-state index in [2.05, 4.69) is 20.8 Å². The summed E-state index contributed by atoms with van der Waals surface area (Å²) in [6.07, 6.45) is 6.91. The van der Waals surface area contributed by atoms with Crippen LogP contribution in [-0.2, 0) is 14.4 Å². The number of Topliss-reactive ketones (excluding diaryl/α,β-unsaturated/α-hetero) is 3. The third-order valence-corrected chi connectivity index (χ3v) is 9.20. The van der Waals surface area contributed by atoms with Crippen molar-refractivity contribution in [2.75, 3.05) is 0 Å². The Balaban J connectivity index is 1.76. The molecule has 0 aromatic carbocycles. The molecule has 4 fully saturated rings. The van der Waals surface area contributed by atoms with Gasteiger partial charge in [0.15, 0.2) is 0 Å². The van der Waals surface area contributed by atoms with Crippen molar-refractivity contribution < 1.29 is 14.4 Å². The Morgan fingerprint density at radius 2 is 1.68 bits per heavy atom. The monoisotopic (exact) mass is 344 g/mol. The van der Waals surface area contributed by atoms with Gasteiger partial charge in [-0.15, -0.1) is 0 Å². The second-order valence-electron chi connectivity index (χ2n) is 10.4. The molecule has 0 bridgehead atoms. The first kappa shape index (κ1) is 17.4. The van der Waals surface area contributed by atoms with Crippen LogP contribution in [0.3, 0.4) is 0 Å². The number of carbonyl (C=O) groups is 3. The maximum Gasteiger partial charge on any atom is 0.137 e. The summed E-state index contributed by atoms with van der Waals surface area (Å²) in [6, 6.07) is 0. The van der Waals surface area contributed by atoms with E-state index in [0.29, 0.717) is 42.7 Å². The van der Waals surface area contributed by atoms with E-state index in [-0.39, 0.29) is 33.9 Å². The lowest BCUT2D eigenvalue weighted by atomic mass is 9.39. The standard InChI is InChI=1S/C22H32O3/c1-13(23)16-5-6-18-21(3)9-7-14-11-15(24)8-10-20(14,2)19(21)17(25)12-22(16,18)4/h14,16,18-19H,5-12H2,1-4H3/t14-,16+,18+,19-,20-,21-,22+/m0/s1. The molecular formula is C22H32O3. The van der Waals surface area contributed by atoms with Crippen LogP contribution in [-0.4, -0.2) is 17.3 Å². The lowest BCUT2D eigenvalue weighted by molar-refractivity contribution is -0.180. The first-order valence-corrected chi connectivity index (χ1v) is 10.2. The van der Waals surface area contributed by atoms with Gasteiger partial charge in [0.05, 0.1) is 0 Å². The molecule has 138 valence electrons. The van der Waals surface area contributed by atoms with Gasteiger partial charge in [-0.3, -0.25) is 14.4 Å². The van der Waals surface area contributed by atoms with Crippen molar-refractivity contribution in [2.24, 2.45) is 39.9 Å². The van der Waals surface area contributed by atoms with E-state index in [1.165, 1.54) is 0 Å². The molecule has 0 heterocycles. The number of rotatable bonds is 1. The van der Waals surface area contributed by atoms with E-state index in [9.17, 15) is 14.4 Å². The predicted molar refractivity (Wildman–Crippen MR) is 95.9 cm³/mol. The van der Waals surface area contributed by atoms with Gasteiger partial charge in [0.25, 0.3) is 0 Å². The van der Waals surface area contributed by atoms with E-state index < -0.39 is 0 Å². The molecule has 0 spiro atoms. The van der Waals surface area contributed by atoms with Gasteiger partial charge in [0.1, 0.15) is 17.3 Å². The molecule has 0 aromatic rings. The zero-order valence-electron chi connectivity index (χ0n) is 16.2. The van der Waals surface area contributed by atoms with Crippen molar-refractivity contribution in [3.05, 3.63) is 0 Å². The van der Waals surface area contributed by atoms with Crippen LogP contribution in [0.1, 0.15) is 79.1 Å². The second-order valence-corrected chi connectivity index (χ2v) is 10.4.